The fourth-order valence-corrected chi connectivity index (χ4v) is 4.89. The van der Waals surface area contributed by atoms with Crippen LogP contribution in [0.5, 0.6) is 11.5 Å². The highest BCUT2D eigenvalue weighted by Gasteiger charge is 2.18. The molecule has 0 amide bonds. The van der Waals surface area contributed by atoms with E-state index in [1.807, 2.05) is 91.9 Å². The van der Waals surface area contributed by atoms with Gasteiger partial charge in [0.2, 0.25) is 0 Å². The molecule has 1 heterocycles. The third kappa shape index (κ3) is 5.42. The quantitative estimate of drug-likeness (QED) is 0.167. The number of fused-ring (bicyclic) bond motifs is 1. The Labute approximate surface area is 236 Å². The van der Waals surface area contributed by atoms with Crippen LogP contribution in [-0.4, -0.2) is 22.5 Å². The van der Waals surface area contributed by atoms with E-state index in [9.17, 15) is 4.79 Å². The highest BCUT2D eigenvalue weighted by atomic mass is 79.9. The van der Waals surface area contributed by atoms with Crippen LogP contribution in [0.3, 0.4) is 0 Å². The van der Waals surface area contributed by atoms with Gasteiger partial charge in [-0.2, -0.15) is 9.78 Å². The van der Waals surface area contributed by atoms with Gasteiger partial charge in [-0.3, -0.25) is 4.79 Å². The molecule has 5 aromatic rings. The summed E-state index contributed by atoms with van der Waals surface area (Å²) in [5.41, 5.74) is 2.89. The normalized spacial score (nSPS) is 11.2. The maximum Gasteiger partial charge on any atom is 0.282 e. The van der Waals surface area contributed by atoms with E-state index < -0.39 is 0 Å². The fraction of sp³-hybridized carbons (Fsp3) is 0.100. The largest absolute Gasteiger partial charge is 0.490 e. The Hall–Kier alpha value is -3.75. The van der Waals surface area contributed by atoms with Crippen LogP contribution in [0.4, 0.5) is 0 Å². The van der Waals surface area contributed by atoms with Gasteiger partial charge in [0, 0.05) is 15.6 Å². The molecule has 4 aromatic carbocycles. The van der Waals surface area contributed by atoms with Crippen LogP contribution in [0.25, 0.3) is 22.3 Å². The summed E-state index contributed by atoms with van der Waals surface area (Å²) in [5, 5.41) is 5.09. The van der Waals surface area contributed by atoms with Gasteiger partial charge >= 0.3 is 0 Å². The van der Waals surface area contributed by atoms with Crippen LogP contribution in [0.15, 0.2) is 110 Å². The van der Waals surface area contributed by atoms with Gasteiger partial charge in [-0.1, -0.05) is 72.8 Å². The second kappa shape index (κ2) is 11.8. The second-order valence-corrected chi connectivity index (χ2v) is 9.89. The first-order chi connectivity index (χ1) is 18.6. The third-order valence-corrected chi connectivity index (χ3v) is 7.92. The topological polar surface area (TPSA) is 65.7 Å². The molecule has 0 bridgehead atoms. The minimum Gasteiger partial charge on any atom is -0.490 e. The first kappa shape index (κ1) is 25.9. The molecule has 0 aliphatic heterocycles. The summed E-state index contributed by atoms with van der Waals surface area (Å²) in [6, 6.07) is 28.6. The van der Waals surface area contributed by atoms with Crippen LogP contribution < -0.4 is 15.0 Å². The van der Waals surface area contributed by atoms with Gasteiger partial charge in [0.25, 0.3) is 5.56 Å². The molecule has 1 aromatic heterocycles. The highest BCUT2D eigenvalue weighted by Crippen LogP contribution is 2.43. The van der Waals surface area contributed by atoms with E-state index in [1.54, 1.807) is 12.3 Å². The van der Waals surface area contributed by atoms with Crippen molar-refractivity contribution in [2.45, 2.75) is 13.5 Å². The Kier molecular flexibility index (Phi) is 8.00. The zero-order valence-electron chi connectivity index (χ0n) is 20.5. The molecule has 0 saturated carbocycles. The molecule has 38 heavy (non-hydrogen) atoms. The third-order valence-electron chi connectivity index (χ3n) is 5.78. The molecule has 0 unspecified atom stereocenters. The molecule has 0 fully saturated rings. The lowest BCUT2D eigenvalue weighted by Gasteiger charge is -2.16. The van der Waals surface area contributed by atoms with Crippen molar-refractivity contribution >= 4 is 49.0 Å². The number of hydrogen-bond donors (Lipinski definition) is 0. The molecule has 8 heteroatoms. The van der Waals surface area contributed by atoms with Crippen molar-refractivity contribution in [3.8, 4) is 22.9 Å². The van der Waals surface area contributed by atoms with Crippen molar-refractivity contribution in [2.75, 3.05) is 6.61 Å². The Morgan fingerprint density at radius 3 is 2.32 bits per heavy atom. The zero-order valence-corrected chi connectivity index (χ0v) is 23.6. The van der Waals surface area contributed by atoms with Gasteiger partial charge in [-0.15, -0.1) is 0 Å². The lowest BCUT2D eigenvalue weighted by atomic mass is 10.2. The average Bonchev–Trinajstić information content (AvgIpc) is 2.96. The monoisotopic (exact) mass is 631 g/mol. The first-order valence-corrected chi connectivity index (χ1v) is 13.6. The summed E-state index contributed by atoms with van der Waals surface area (Å²) in [6.07, 6.45) is 1.61. The van der Waals surface area contributed by atoms with Crippen LogP contribution in [0.2, 0.25) is 0 Å². The zero-order chi connectivity index (χ0) is 26.5. The summed E-state index contributed by atoms with van der Waals surface area (Å²) in [7, 11) is 0. The van der Waals surface area contributed by atoms with Crippen molar-refractivity contribution in [1.82, 2.24) is 9.66 Å². The van der Waals surface area contributed by atoms with Crippen LogP contribution in [0.1, 0.15) is 18.1 Å². The lowest BCUT2D eigenvalue weighted by molar-refractivity contribution is 0.267. The molecule has 0 saturated heterocycles. The van der Waals surface area contributed by atoms with Crippen molar-refractivity contribution in [2.24, 2.45) is 5.10 Å². The average molecular weight is 633 g/mol. The predicted molar refractivity (Wildman–Crippen MR) is 158 cm³/mol. The van der Waals surface area contributed by atoms with Crippen molar-refractivity contribution < 1.29 is 9.47 Å². The summed E-state index contributed by atoms with van der Waals surface area (Å²) in [5.74, 6) is 1.59. The Morgan fingerprint density at radius 1 is 0.895 bits per heavy atom. The van der Waals surface area contributed by atoms with E-state index in [0.717, 1.165) is 15.6 Å². The van der Waals surface area contributed by atoms with E-state index in [4.69, 9.17) is 14.5 Å². The lowest BCUT2D eigenvalue weighted by Crippen LogP contribution is -2.20. The molecule has 0 radical (unpaired) electrons. The van der Waals surface area contributed by atoms with Gasteiger partial charge in [0.15, 0.2) is 17.3 Å². The van der Waals surface area contributed by atoms with Gasteiger partial charge in [-0.25, -0.2) is 4.98 Å². The van der Waals surface area contributed by atoms with Crippen molar-refractivity contribution in [1.29, 1.82) is 0 Å². The number of aromatic nitrogens is 2. The van der Waals surface area contributed by atoms with Crippen molar-refractivity contribution in [3.05, 3.63) is 121 Å². The van der Waals surface area contributed by atoms with E-state index >= 15 is 0 Å². The Balaban J connectivity index is 1.58. The molecule has 0 aliphatic rings. The molecule has 0 aliphatic carbocycles. The predicted octanol–water partition coefficient (Wildman–Crippen LogP) is 7.45. The molecule has 0 spiro atoms. The summed E-state index contributed by atoms with van der Waals surface area (Å²) in [4.78, 5) is 18.2. The number of ether oxygens (including phenoxy) is 2. The maximum atomic E-state index is 13.5. The smallest absolute Gasteiger partial charge is 0.282 e. The van der Waals surface area contributed by atoms with E-state index in [1.165, 1.54) is 4.68 Å². The molecule has 190 valence electrons. The molecular formula is C30H23Br2N3O3. The molecule has 5 rings (SSSR count). The Bertz CT molecular complexity index is 1670. The maximum absolute atomic E-state index is 13.5. The van der Waals surface area contributed by atoms with Crippen LogP contribution >= 0.6 is 31.9 Å². The molecule has 6 nitrogen and oxygen atoms in total. The highest BCUT2D eigenvalue weighted by molar-refractivity contribution is 9.13. The SMILES string of the molecule is CCOc1cc(C=Nn2c(-c3ccccc3)nc3ccccc3c2=O)c(Br)c(Br)c1OCc1ccccc1. The number of hydrogen-bond acceptors (Lipinski definition) is 5. The number of benzene rings is 4. The first-order valence-electron chi connectivity index (χ1n) is 12.0. The van der Waals surface area contributed by atoms with E-state index in [2.05, 4.69) is 37.0 Å². The second-order valence-electron chi connectivity index (χ2n) is 8.31. The number of rotatable bonds is 8. The summed E-state index contributed by atoms with van der Waals surface area (Å²) in [6.45, 7) is 2.76. The Morgan fingerprint density at radius 2 is 1.58 bits per heavy atom. The minimum atomic E-state index is -0.256. The van der Waals surface area contributed by atoms with Crippen molar-refractivity contribution in [3.63, 3.8) is 0 Å². The molecular weight excluding hydrogens is 610 g/mol. The standard InChI is InChI=1S/C30H23Br2N3O3/c1-2-37-25-17-22(26(31)27(32)28(25)38-19-20-11-5-3-6-12-20)18-33-35-29(21-13-7-4-8-14-21)34-24-16-10-9-15-23(24)30(35)36/h3-18H,2,19H2,1H3. The number of nitrogens with zero attached hydrogens (tertiary/aromatic N) is 3. The van der Waals surface area contributed by atoms with E-state index in [-0.39, 0.29) is 5.56 Å². The number of halogens is 2. The number of para-hydroxylation sites is 1. The van der Waals surface area contributed by atoms with Crippen LogP contribution in [-0.2, 0) is 6.61 Å². The summed E-state index contributed by atoms with van der Waals surface area (Å²) >= 11 is 7.32. The molecule has 0 atom stereocenters. The van der Waals surface area contributed by atoms with Gasteiger partial charge < -0.3 is 9.47 Å². The van der Waals surface area contributed by atoms with Crippen LogP contribution in [0, 0.1) is 0 Å². The fourth-order valence-electron chi connectivity index (χ4n) is 3.95. The van der Waals surface area contributed by atoms with Gasteiger partial charge in [-0.05, 0) is 62.5 Å². The van der Waals surface area contributed by atoms with Gasteiger partial charge in [0.05, 0.1) is 28.2 Å². The molecule has 0 N–H and O–H groups in total. The minimum absolute atomic E-state index is 0.256. The van der Waals surface area contributed by atoms with Gasteiger partial charge in [0.1, 0.15) is 6.61 Å². The van der Waals surface area contributed by atoms with E-state index in [0.29, 0.717) is 51.5 Å². The summed E-state index contributed by atoms with van der Waals surface area (Å²) < 4.78 is 14.8.